The molecule has 5 heteroatoms. The number of benzene rings is 1. The molecular formula is C13H11NO4. The molecule has 0 saturated carbocycles. The molecule has 0 aliphatic heterocycles. The minimum Gasteiger partial charge on any atom is -0.497 e. The lowest BCUT2D eigenvalue weighted by Gasteiger charge is -2.09. The number of carbonyl (C=O) groups is 1. The van der Waals surface area contributed by atoms with Crippen molar-refractivity contribution < 1.29 is 19.4 Å². The van der Waals surface area contributed by atoms with Crippen LogP contribution in [0.3, 0.4) is 0 Å². The van der Waals surface area contributed by atoms with Crippen LogP contribution >= 0.6 is 0 Å². The van der Waals surface area contributed by atoms with E-state index < -0.39 is 5.97 Å². The van der Waals surface area contributed by atoms with E-state index in [0.29, 0.717) is 11.5 Å². The summed E-state index contributed by atoms with van der Waals surface area (Å²) in [5.41, 5.74) is 0.0691. The zero-order chi connectivity index (χ0) is 13.0. The van der Waals surface area contributed by atoms with E-state index in [9.17, 15) is 4.79 Å². The van der Waals surface area contributed by atoms with Gasteiger partial charge in [-0.2, -0.15) is 0 Å². The van der Waals surface area contributed by atoms with Crippen LogP contribution < -0.4 is 9.47 Å². The van der Waals surface area contributed by atoms with Gasteiger partial charge in [-0.3, -0.25) is 4.98 Å². The number of nitrogens with zero attached hydrogens (tertiary/aromatic N) is 1. The van der Waals surface area contributed by atoms with E-state index in [1.807, 2.05) is 0 Å². The first-order valence-electron chi connectivity index (χ1n) is 5.20. The first-order chi connectivity index (χ1) is 8.70. The Morgan fingerprint density at radius 2 is 2.11 bits per heavy atom. The van der Waals surface area contributed by atoms with Gasteiger partial charge < -0.3 is 14.6 Å². The lowest BCUT2D eigenvalue weighted by Crippen LogP contribution is -2.00. The van der Waals surface area contributed by atoms with Crippen LogP contribution in [-0.4, -0.2) is 23.2 Å². The first kappa shape index (κ1) is 11.9. The quantitative estimate of drug-likeness (QED) is 0.896. The monoisotopic (exact) mass is 245 g/mol. The summed E-state index contributed by atoms with van der Waals surface area (Å²) in [5, 5.41) is 9.07. The molecule has 0 atom stereocenters. The number of pyridine rings is 1. The van der Waals surface area contributed by atoms with Crippen molar-refractivity contribution in [3.05, 3.63) is 48.3 Å². The van der Waals surface area contributed by atoms with E-state index >= 15 is 0 Å². The number of rotatable bonds is 4. The van der Waals surface area contributed by atoms with Crippen molar-refractivity contribution in [2.75, 3.05) is 7.11 Å². The van der Waals surface area contributed by atoms with Crippen LogP contribution in [0.2, 0.25) is 0 Å². The van der Waals surface area contributed by atoms with Gasteiger partial charge in [0.05, 0.1) is 13.3 Å². The largest absolute Gasteiger partial charge is 0.497 e. The predicted molar refractivity (Wildman–Crippen MR) is 64.3 cm³/mol. The molecule has 18 heavy (non-hydrogen) atoms. The molecule has 1 aromatic carbocycles. The van der Waals surface area contributed by atoms with Crippen LogP contribution in [-0.2, 0) is 0 Å². The van der Waals surface area contributed by atoms with E-state index in [-0.39, 0.29) is 11.3 Å². The predicted octanol–water partition coefficient (Wildman–Crippen LogP) is 2.58. The Hall–Kier alpha value is -2.56. The summed E-state index contributed by atoms with van der Waals surface area (Å²) >= 11 is 0. The van der Waals surface area contributed by atoms with Gasteiger partial charge in [0.2, 0.25) is 0 Å². The molecular weight excluding hydrogens is 234 g/mol. The van der Waals surface area contributed by atoms with E-state index in [2.05, 4.69) is 4.98 Å². The van der Waals surface area contributed by atoms with Gasteiger partial charge in [-0.1, -0.05) is 0 Å². The normalized spacial score (nSPS) is 9.83. The number of aromatic carboxylic acids is 1. The summed E-state index contributed by atoms with van der Waals surface area (Å²) in [6.45, 7) is 0. The maximum atomic E-state index is 11.1. The molecule has 0 saturated heterocycles. The van der Waals surface area contributed by atoms with E-state index in [1.54, 1.807) is 24.4 Å². The summed E-state index contributed by atoms with van der Waals surface area (Å²) in [4.78, 5) is 15.0. The molecule has 0 aliphatic rings. The van der Waals surface area contributed by atoms with Crippen LogP contribution in [0.25, 0.3) is 0 Å². The topological polar surface area (TPSA) is 68.7 Å². The molecule has 5 nitrogen and oxygen atoms in total. The molecule has 1 heterocycles. The second kappa shape index (κ2) is 5.18. The van der Waals surface area contributed by atoms with E-state index in [4.69, 9.17) is 14.6 Å². The smallest absolute Gasteiger partial charge is 0.339 e. The number of ether oxygens (including phenoxy) is 2. The third-order valence-electron chi connectivity index (χ3n) is 2.28. The van der Waals surface area contributed by atoms with Gasteiger partial charge >= 0.3 is 5.97 Å². The van der Waals surface area contributed by atoms with Gasteiger partial charge in [-0.25, -0.2) is 4.79 Å². The van der Waals surface area contributed by atoms with Crippen molar-refractivity contribution >= 4 is 5.97 Å². The number of hydrogen-bond donors (Lipinski definition) is 1. The number of methoxy groups -OCH3 is 1. The van der Waals surface area contributed by atoms with Gasteiger partial charge in [0.15, 0.2) is 0 Å². The Kier molecular flexibility index (Phi) is 3.43. The van der Waals surface area contributed by atoms with Crippen molar-refractivity contribution in [1.82, 2.24) is 4.98 Å². The Morgan fingerprint density at radius 1 is 1.28 bits per heavy atom. The number of carboxylic acid groups (broad SMARTS) is 1. The Morgan fingerprint density at radius 3 is 2.72 bits per heavy atom. The summed E-state index contributed by atoms with van der Waals surface area (Å²) in [6, 6.07) is 7.93. The van der Waals surface area contributed by atoms with Gasteiger partial charge in [0.1, 0.15) is 22.8 Å². The SMILES string of the molecule is COc1ccc(C(=O)O)c(Oc2cccnc2)c1. The molecule has 0 radical (unpaired) electrons. The van der Waals surface area contributed by atoms with Crippen molar-refractivity contribution in [2.24, 2.45) is 0 Å². The minimum atomic E-state index is -1.06. The van der Waals surface area contributed by atoms with E-state index in [1.165, 1.54) is 25.4 Å². The fraction of sp³-hybridized carbons (Fsp3) is 0.0769. The molecule has 92 valence electrons. The maximum Gasteiger partial charge on any atom is 0.339 e. The highest BCUT2D eigenvalue weighted by molar-refractivity contribution is 5.91. The average molecular weight is 245 g/mol. The fourth-order valence-corrected chi connectivity index (χ4v) is 1.43. The molecule has 2 aromatic rings. The summed E-state index contributed by atoms with van der Waals surface area (Å²) in [5.74, 6) is 0.151. The maximum absolute atomic E-state index is 11.1. The molecule has 2 rings (SSSR count). The Balaban J connectivity index is 2.38. The molecule has 0 spiro atoms. The molecule has 0 aliphatic carbocycles. The van der Waals surface area contributed by atoms with E-state index in [0.717, 1.165) is 0 Å². The number of hydrogen-bond acceptors (Lipinski definition) is 4. The van der Waals surface area contributed by atoms with Crippen molar-refractivity contribution in [3.63, 3.8) is 0 Å². The summed E-state index contributed by atoms with van der Waals surface area (Å²) in [7, 11) is 1.50. The molecule has 0 unspecified atom stereocenters. The highest BCUT2D eigenvalue weighted by Gasteiger charge is 2.13. The number of carboxylic acids is 1. The zero-order valence-electron chi connectivity index (χ0n) is 9.66. The summed E-state index contributed by atoms with van der Waals surface area (Å²) < 4.78 is 10.5. The zero-order valence-corrected chi connectivity index (χ0v) is 9.66. The van der Waals surface area contributed by atoms with Crippen molar-refractivity contribution in [2.45, 2.75) is 0 Å². The molecule has 0 fully saturated rings. The second-order valence-electron chi connectivity index (χ2n) is 3.46. The van der Waals surface area contributed by atoms with Crippen LogP contribution in [0.5, 0.6) is 17.2 Å². The summed E-state index contributed by atoms with van der Waals surface area (Å²) in [6.07, 6.45) is 3.11. The van der Waals surface area contributed by atoms with Crippen LogP contribution in [0.1, 0.15) is 10.4 Å². The average Bonchev–Trinajstić information content (AvgIpc) is 2.39. The van der Waals surface area contributed by atoms with Gasteiger partial charge in [-0.05, 0) is 24.3 Å². The standard InChI is InChI=1S/C13H11NO4/c1-17-9-4-5-11(13(15)16)12(7-9)18-10-3-2-6-14-8-10/h2-8H,1H3,(H,15,16). The Bertz CT molecular complexity index is 554. The minimum absolute atomic E-state index is 0.0691. The lowest BCUT2D eigenvalue weighted by atomic mass is 10.2. The molecule has 0 bridgehead atoms. The van der Waals surface area contributed by atoms with Crippen molar-refractivity contribution in [1.29, 1.82) is 0 Å². The van der Waals surface area contributed by atoms with Gasteiger partial charge in [0.25, 0.3) is 0 Å². The van der Waals surface area contributed by atoms with Crippen molar-refractivity contribution in [3.8, 4) is 17.2 Å². The fourth-order valence-electron chi connectivity index (χ4n) is 1.43. The highest BCUT2D eigenvalue weighted by Crippen LogP contribution is 2.29. The molecule has 1 N–H and O–H groups in total. The highest BCUT2D eigenvalue weighted by atomic mass is 16.5. The Labute approximate surface area is 104 Å². The molecule has 1 aromatic heterocycles. The first-order valence-corrected chi connectivity index (χ1v) is 5.20. The molecule has 0 amide bonds. The van der Waals surface area contributed by atoms with Crippen LogP contribution in [0.4, 0.5) is 0 Å². The van der Waals surface area contributed by atoms with Crippen LogP contribution in [0.15, 0.2) is 42.7 Å². The van der Waals surface area contributed by atoms with Gasteiger partial charge in [0, 0.05) is 12.3 Å². The lowest BCUT2D eigenvalue weighted by molar-refractivity contribution is 0.0694. The second-order valence-corrected chi connectivity index (χ2v) is 3.46. The third-order valence-corrected chi connectivity index (χ3v) is 2.28. The number of aromatic nitrogens is 1. The van der Waals surface area contributed by atoms with Gasteiger partial charge in [-0.15, -0.1) is 0 Å². The third kappa shape index (κ3) is 2.57. The van der Waals surface area contributed by atoms with Crippen LogP contribution in [0, 0.1) is 0 Å².